The summed E-state index contributed by atoms with van der Waals surface area (Å²) in [5.41, 5.74) is 2.03. The fourth-order valence-corrected chi connectivity index (χ4v) is 2.34. The Morgan fingerprint density at radius 1 is 1.09 bits per heavy atom. The third-order valence-corrected chi connectivity index (χ3v) is 3.40. The molecule has 0 bridgehead atoms. The summed E-state index contributed by atoms with van der Waals surface area (Å²) in [5, 5.41) is 8.38. The molecule has 3 heterocycles. The molecule has 108 valence electrons. The van der Waals surface area contributed by atoms with Crippen molar-refractivity contribution in [3.8, 4) is 16.8 Å². The van der Waals surface area contributed by atoms with E-state index >= 15 is 0 Å². The van der Waals surface area contributed by atoms with Crippen LogP contribution < -0.4 is 5.56 Å². The maximum Gasteiger partial charge on any atom is 0.251 e. The Labute approximate surface area is 123 Å². The number of hydrogen-bond donors (Lipinski definition) is 1. The predicted octanol–water partition coefficient (Wildman–Crippen LogP) is 2.01. The van der Waals surface area contributed by atoms with Crippen molar-refractivity contribution in [2.75, 3.05) is 0 Å². The molecule has 0 aliphatic rings. The number of aromatic amines is 1. The smallest absolute Gasteiger partial charge is 0.251 e. The van der Waals surface area contributed by atoms with Crippen LogP contribution in [0.25, 0.3) is 22.5 Å². The lowest BCUT2D eigenvalue weighted by Gasteiger charge is -1.99. The number of fused-ring (bicyclic) bond motifs is 1. The maximum absolute atomic E-state index is 13.8. The number of rotatable bonds is 2. The number of aromatic nitrogens is 5. The van der Waals surface area contributed by atoms with Gasteiger partial charge in [-0.2, -0.15) is 10.2 Å². The molecule has 0 saturated carbocycles. The topological polar surface area (TPSA) is 68.0 Å². The van der Waals surface area contributed by atoms with Crippen LogP contribution in [0.5, 0.6) is 0 Å². The predicted molar refractivity (Wildman–Crippen MR) is 78.3 cm³/mol. The Balaban J connectivity index is 1.85. The van der Waals surface area contributed by atoms with Gasteiger partial charge in [-0.25, -0.2) is 13.6 Å². The second-order valence-electron chi connectivity index (χ2n) is 4.78. The highest BCUT2D eigenvalue weighted by molar-refractivity contribution is 5.64. The summed E-state index contributed by atoms with van der Waals surface area (Å²) < 4.78 is 16.9. The highest BCUT2D eigenvalue weighted by Crippen LogP contribution is 2.23. The van der Waals surface area contributed by atoms with E-state index in [2.05, 4.69) is 15.2 Å². The number of nitrogens with zero attached hydrogens (tertiary/aromatic N) is 4. The van der Waals surface area contributed by atoms with Crippen LogP contribution in [0, 0.1) is 5.82 Å². The molecule has 0 radical (unpaired) electrons. The van der Waals surface area contributed by atoms with E-state index in [1.165, 1.54) is 12.1 Å². The van der Waals surface area contributed by atoms with Gasteiger partial charge in [0.25, 0.3) is 5.56 Å². The first kappa shape index (κ1) is 12.5. The van der Waals surface area contributed by atoms with E-state index in [0.29, 0.717) is 22.5 Å². The minimum absolute atomic E-state index is 0.226. The maximum atomic E-state index is 13.8. The summed E-state index contributed by atoms with van der Waals surface area (Å²) in [6, 6.07) is 7.88. The number of nitrogens with one attached hydrogen (secondary N) is 1. The fourth-order valence-electron chi connectivity index (χ4n) is 2.34. The van der Waals surface area contributed by atoms with Gasteiger partial charge in [-0.05, 0) is 6.07 Å². The quantitative estimate of drug-likeness (QED) is 0.615. The highest BCUT2D eigenvalue weighted by Gasteiger charge is 2.11. The third-order valence-electron chi connectivity index (χ3n) is 3.40. The zero-order valence-corrected chi connectivity index (χ0v) is 11.3. The molecule has 0 aliphatic carbocycles. The van der Waals surface area contributed by atoms with Crippen LogP contribution in [0.1, 0.15) is 0 Å². The van der Waals surface area contributed by atoms with Crippen LogP contribution in [0.3, 0.4) is 0 Å². The van der Waals surface area contributed by atoms with E-state index in [4.69, 9.17) is 0 Å². The van der Waals surface area contributed by atoms with Gasteiger partial charge in [0.15, 0.2) is 5.65 Å². The lowest BCUT2D eigenvalue weighted by atomic mass is 10.1. The number of hydrogen-bond acceptors (Lipinski definition) is 3. The van der Waals surface area contributed by atoms with Crippen molar-refractivity contribution in [3.63, 3.8) is 0 Å². The number of benzene rings is 1. The van der Waals surface area contributed by atoms with Gasteiger partial charge in [0, 0.05) is 29.6 Å². The van der Waals surface area contributed by atoms with Crippen LogP contribution in [0.4, 0.5) is 4.39 Å². The van der Waals surface area contributed by atoms with E-state index in [1.54, 1.807) is 52.2 Å². The normalized spacial score (nSPS) is 11.1. The zero-order valence-electron chi connectivity index (χ0n) is 11.3. The average Bonchev–Trinajstić information content (AvgIpc) is 3.13. The Hall–Kier alpha value is -3.22. The molecule has 1 N–H and O–H groups in total. The second kappa shape index (κ2) is 4.66. The monoisotopic (exact) mass is 295 g/mol. The van der Waals surface area contributed by atoms with E-state index in [9.17, 15) is 9.18 Å². The molecule has 0 aliphatic heterocycles. The van der Waals surface area contributed by atoms with Crippen LogP contribution >= 0.6 is 0 Å². The lowest BCUT2D eigenvalue weighted by molar-refractivity contribution is 0.631. The van der Waals surface area contributed by atoms with Gasteiger partial charge < -0.3 is 4.98 Å². The zero-order chi connectivity index (χ0) is 15.1. The molecule has 4 rings (SSSR count). The Bertz CT molecular complexity index is 1030. The van der Waals surface area contributed by atoms with Crippen molar-refractivity contribution < 1.29 is 4.39 Å². The second-order valence-corrected chi connectivity index (χ2v) is 4.78. The molecule has 6 nitrogen and oxygen atoms in total. The summed E-state index contributed by atoms with van der Waals surface area (Å²) in [4.78, 5) is 14.2. The Kier molecular flexibility index (Phi) is 2.65. The van der Waals surface area contributed by atoms with Gasteiger partial charge in [-0.1, -0.05) is 18.2 Å². The van der Waals surface area contributed by atoms with Crippen molar-refractivity contribution in [3.05, 3.63) is 71.3 Å². The van der Waals surface area contributed by atoms with E-state index in [0.717, 1.165) is 0 Å². The van der Waals surface area contributed by atoms with Gasteiger partial charge in [-0.15, -0.1) is 0 Å². The standard InChI is InChI=1S/C15H10FN5O/c16-12-4-2-1-3-11(12)10-7-17-21(9-10)13-8-18-20-6-5-14(22)19-15(13)20/h1-9H,(H,19,22). The third kappa shape index (κ3) is 1.91. The minimum atomic E-state index is -0.310. The fraction of sp³-hybridized carbons (Fsp3) is 0. The summed E-state index contributed by atoms with van der Waals surface area (Å²) in [7, 11) is 0. The first-order valence-corrected chi connectivity index (χ1v) is 6.59. The van der Waals surface area contributed by atoms with E-state index in [-0.39, 0.29) is 11.4 Å². The van der Waals surface area contributed by atoms with E-state index in [1.807, 2.05) is 0 Å². The molecule has 0 amide bonds. The van der Waals surface area contributed by atoms with Gasteiger partial charge in [0.05, 0.1) is 12.4 Å². The van der Waals surface area contributed by atoms with Crippen molar-refractivity contribution in [2.45, 2.75) is 0 Å². The summed E-state index contributed by atoms with van der Waals surface area (Å²) >= 11 is 0. The molecule has 7 heteroatoms. The van der Waals surface area contributed by atoms with Crippen LogP contribution in [0.2, 0.25) is 0 Å². The molecule has 0 spiro atoms. The first-order valence-electron chi connectivity index (χ1n) is 6.59. The summed E-state index contributed by atoms with van der Waals surface area (Å²) in [5.74, 6) is -0.310. The molecule has 0 unspecified atom stereocenters. The Morgan fingerprint density at radius 3 is 2.82 bits per heavy atom. The van der Waals surface area contributed by atoms with Crippen LogP contribution in [-0.4, -0.2) is 24.4 Å². The largest absolute Gasteiger partial charge is 0.305 e. The van der Waals surface area contributed by atoms with Crippen molar-refractivity contribution >= 4 is 5.65 Å². The molecule has 3 aromatic heterocycles. The van der Waals surface area contributed by atoms with Crippen LogP contribution in [-0.2, 0) is 0 Å². The average molecular weight is 295 g/mol. The minimum Gasteiger partial charge on any atom is -0.305 e. The van der Waals surface area contributed by atoms with Gasteiger partial charge in [0.2, 0.25) is 0 Å². The van der Waals surface area contributed by atoms with E-state index < -0.39 is 0 Å². The molecule has 0 saturated heterocycles. The molecular weight excluding hydrogens is 285 g/mol. The Morgan fingerprint density at radius 2 is 1.95 bits per heavy atom. The van der Waals surface area contributed by atoms with Gasteiger partial charge in [-0.3, -0.25) is 4.79 Å². The number of halogens is 1. The van der Waals surface area contributed by atoms with Crippen LogP contribution in [0.15, 0.2) is 59.9 Å². The molecular formula is C15H10FN5O. The first-order chi connectivity index (χ1) is 10.7. The number of H-pyrrole nitrogens is 1. The summed E-state index contributed by atoms with van der Waals surface area (Å²) in [6.07, 6.45) is 6.42. The SMILES string of the molecule is O=c1ccn2ncc(-n3cc(-c4ccccc4F)cn3)c2[nH]1. The molecule has 1 aromatic carbocycles. The highest BCUT2D eigenvalue weighted by atomic mass is 19.1. The van der Waals surface area contributed by atoms with Crippen molar-refractivity contribution in [2.24, 2.45) is 0 Å². The summed E-state index contributed by atoms with van der Waals surface area (Å²) in [6.45, 7) is 0. The van der Waals surface area contributed by atoms with Gasteiger partial charge >= 0.3 is 0 Å². The van der Waals surface area contributed by atoms with Gasteiger partial charge in [0.1, 0.15) is 11.5 Å². The molecule has 22 heavy (non-hydrogen) atoms. The lowest BCUT2D eigenvalue weighted by Crippen LogP contribution is -2.07. The molecule has 0 atom stereocenters. The van der Waals surface area contributed by atoms with Crippen molar-refractivity contribution in [1.82, 2.24) is 24.4 Å². The molecule has 0 fully saturated rings. The molecule has 4 aromatic rings. The van der Waals surface area contributed by atoms with Crippen molar-refractivity contribution in [1.29, 1.82) is 0 Å².